The second kappa shape index (κ2) is 7.78. The number of amides is 1. The van der Waals surface area contributed by atoms with Crippen LogP contribution in [0.3, 0.4) is 0 Å². The molecule has 0 bridgehead atoms. The van der Waals surface area contributed by atoms with E-state index in [1.807, 2.05) is 30.3 Å². The van der Waals surface area contributed by atoms with E-state index in [0.29, 0.717) is 6.54 Å². The van der Waals surface area contributed by atoms with Crippen LogP contribution in [0.1, 0.15) is 25.3 Å². The van der Waals surface area contributed by atoms with Gasteiger partial charge in [-0.3, -0.25) is 9.59 Å². The van der Waals surface area contributed by atoms with Crippen LogP contribution in [-0.2, 0) is 20.9 Å². The fraction of sp³-hybridized carbons (Fsp3) is 0.500. The zero-order valence-corrected chi connectivity index (χ0v) is 12.3. The zero-order valence-electron chi connectivity index (χ0n) is 12.3. The molecule has 5 nitrogen and oxygen atoms in total. The van der Waals surface area contributed by atoms with Crippen LogP contribution in [0, 0.1) is 5.92 Å². The van der Waals surface area contributed by atoms with Crippen LogP contribution in [0.2, 0.25) is 0 Å². The Morgan fingerprint density at radius 3 is 2.90 bits per heavy atom. The normalized spacial score (nSPS) is 19.7. The summed E-state index contributed by atoms with van der Waals surface area (Å²) in [4.78, 5) is 23.5. The van der Waals surface area contributed by atoms with Crippen LogP contribution in [0.5, 0.6) is 0 Å². The molecule has 0 radical (unpaired) electrons. The minimum atomic E-state index is -0.275. The predicted molar refractivity (Wildman–Crippen MR) is 79.4 cm³/mol. The van der Waals surface area contributed by atoms with Gasteiger partial charge in [0.25, 0.3) is 0 Å². The number of ether oxygens (including phenoxy) is 1. The number of rotatable bonds is 6. The van der Waals surface area contributed by atoms with E-state index in [9.17, 15) is 9.59 Å². The first kappa shape index (κ1) is 15.5. The van der Waals surface area contributed by atoms with Gasteiger partial charge in [0.1, 0.15) is 6.61 Å². The maximum Gasteiger partial charge on any atom is 0.310 e. The fourth-order valence-electron chi connectivity index (χ4n) is 2.24. The van der Waals surface area contributed by atoms with E-state index in [1.54, 1.807) is 6.92 Å². The third-order valence-electron chi connectivity index (χ3n) is 3.58. The van der Waals surface area contributed by atoms with E-state index in [2.05, 4.69) is 10.6 Å². The summed E-state index contributed by atoms with van der Waals surface area (Å²) < 4.78 is 5.28. The van der Waals surface area contributed by atoms with E-state index in [4.69, 9.17) is 4.74 Å². The van der Waals surface area contributed by atoms with Gasteiger partial charge >= 0.3 is 5.97 Å². The van der Waals surface area contributed by atoms with Gasteiger partial charge in [0, 0.05) is 13.1 Å². The molecule has 2 unspecified atom stereocenters. The number of benzene rings is 1. The first-order valence-electron chi connectivity index (χ1n) is 7.38. The van der Waals surface area contributed by atoms with E-state index in [1.165, 1.54) is 0 Å². The minimum Gasteiger partial charge on any atom is -0.461 e. The number of esters is 1. The third kappa shape index (κ3) is 4.86. The molecule has 1 aromatic rings. The van der Waals surface area contributed by atoms with Crippen molar-refractivity contribution in [2.24, 2.45) is 5.92 Å². The molecule has 1 aromatic carbocycles. The minimum absolute atomic E-state index is 0.0195. The van der Waals surface area contributed by atoms with Gasteiger partial charge in [-0.1, -0.05) is 37.3 Å². The van der Waals surface area contributed by atoms with E-state index < -0.39 is 0 Å². The van der Waals surface area contributed by atoms with Gasteiger partial charge in [-0.15, -0.1) is 0 Å². The Hall–Kier alpha value is -1.88. The molecule has 1 fully saturated rings. The Kier molecular flexibility index (Phi) is 5.75. The highest BCUT2D eigenvalue weighted by atomic mass is 16.5. The molecule has 2 N–H and O–H groups in total. The lowest BCUT2D eigenvalue weighted by Gasteiger charge is -2.24. The molecule has 2 rings (SSSR count). The molecule has 21 heavy (non-hydrogen) atoms. The fourth-order valence-corrected chi connectivity index (χ4v) is 2.24. The maximum atomic E-state index is 11.9. The lowest BCUT2D eigenvalue weighted by molar-refractivity contribution is -0.149. The Morgan fingerprint density at radius 2 is 2.19 bits per heavy atom. The van der Waals surface area contributed by atoms with Crippen molar-refractivity contribution in [2.75, 3.05) is 13.1 Å². The Bertz CT molecular complexity index is 476. The predicted octanol–water partition coefficient (Wildman–Crippen LogP) is 1.23. The Balaban J connectivity index is 1.71. The Labute approximate surface area is 125 Å². The number of piperidine rings is 1. The van der Waals surface area contributed by atoms with Crippen molar-refractivity contribution in [1.82, 2.24) is 10.6 Å². The average Bonchev–Trinajstić information content (AvgIpc) is 2.52. The van der Waals surface area contributed by atoms with Crippen LogP contribution in [0.4, 0.5) is 0 Å². The quantitative estimate of drug-likeness (QED) is 0.773. The second-order valence-corrected chi connectivity index (χ2v) is 5.39. The van der Waals surface area contributed by atoms with Crippen LogP contribution < -0.4 is 10.6 Å². The average molecular weight is 290 g/mol. The summed E-state index contributed by atoms with van der Waals surface area (Å²) in [7, 11) is 0. The topological polar surface area (TPSA) is 67.4 Å². The monoisotopic (exact) mass is 290 g/mol. The van der Waals surface area contributed by atoms with Crippen molar-refractivity contribution in [3.8, 4) is 0 Å². The van der Waals surface area contributed by atoms with Crippen molar-refractivity contribution >= 4 is 11.9 Å². The zero-order chi connectivity index (χ0) is 15.1. The van der Waals surface area contributed by atoms with Crippen molar-refractivity contribution in [2.45, 2.75) is 32.4 Å². The molecule has 0 spiro atoms. The molecular formula is C16H22N2O3. The first-order chi connectivity index (χ1) is 10.2. The summed E-state index contributed by atoms with van der Waals surface area (Å²) in [6.07, 6.45) is 1.79. The van der Waals surface area contributed by atoms with Crippen molar-refractivity contribution in [3.63, 3.8) is 0 Å². The van der Waals surface area contributed by atoms with Gasteiger partial charge < -0.3 is 15.4 Å². The molecule has 1 amide bonds. The number of carbonyl (C=O) groups is 2. The number of carbonyl (C=O) groups excluding carboxylic acids is 2. The summed E-state index contributed by atoms with van der Waals surface area (Å²) in [5.41, 5.74) is 0.970. The molecule has 0 aromatic heterocycles. The van der Waals surface area contributed by atoms with Gasteiger partial charge in [-0.2, -0.15) is 0 Å². The molecule has 5 heteroatoms. The van der Waals surface area contributed by atoms with Crippen molar-refractivity contribution in [3.05, 3.63) is 35.9 Å². The van der Waals surface area contributed by atoms with Gasteiger partial charge in [-0.05, 0) is 18.4 Å². The number of hydrogen-bond donors (Lipinski definition) is 2. The molecule has 1 heterocycles. The van der Waals surface area contributed by atoms with Gasteiger partial charge in [-0.25, -0.2) is 0 Å². The van der Waals surface area contributed by atoms with Gasteiger partial charge in [0.2, 0.25) is 5.91 Å². The summed E-state index contributed by atoms with van der Waals surface area (Å²) in [5, 5.41) is 5.95. The number of hydrogen-bond acceptors (Lipinski definition) is 4. The highest BCUT2D eigenvalue weighted by Gasteiger charge is 2.23. The first-order valence-corrected chi connectivity index (χ1v) is 7.38. The molecule has 2 atom stereocenters. The van der Waals surface area contributed by atoms with E-state index in [0.717, 1.165) is 24.9 Å². The van der Waals surface area contributed by atoms with Crippen LogP contribution >= 0.6 is 0 Å². The highest BCUT2D eigenvalue weighted by molar-refractivity contribution is 5.82. The molecule has 0 aliphatic carbocycles. The molecule has 114 valence electrons. The van der Waals surface area contributed by atoms with Gasteiger partial charge in [0.15, 0.2) is 0 Å². The summed E-state index contributed by atoms with van der Waals surface area (Å²) in [6.45, 7) is 3.28. The molecule has 0 saturated carbocycles. The number of nitrogens with one attached hydrogen (secondary N) is 2. The summed E-state index contributed by atoms with van der Waals surface area (Å²) in [6, 6.07) is 9.40. The molecule has 1 aliphatic heterocycles. The van der Waals surface area contributed by atoms with E-state index in [-0.39, 0.29) is 30.4 Å². The second-order valence-electron chi connectivity index (χ2n) is 5.39. The summed E-state index contributed by atoms with van der Waals surface area (Å²) >= 11 is 0. The lowest BCUT2D eigenvalue weighted by Crippen LogP contribution is -2.49. The van der Waals surface area contributed by atoms with Crippen LogP contribution in [0.15, 0.2) is 30.3 Å². The maximum absolute atomic E-state index is 11.9. The lowest BCUT2D eigenvalue weighted by atomic mass is 10.1. The van der Waals surface area contributed by atoms with Crippen LogP contribution in [0.25, 0.3) is 0 Å². The standard InChI is InChI=1S/C16H22N2O3/c1-12(10-18-14-8-5-9-17-15(14)19)16(20)21-11-13-6-3-2-4-7-13/h2-4,6-7,12,14,18H,5,8-11H2,1H3,(H,17,19). The van der Waals surface area contributed by atoms with Crippen LogP contribution in [-0.4, -0.2) is 31.0 Å². The highest BCUT2D eigenvalue weighted by Crippen LogP contribution is 2.07. The van der Waals surface area contributed by atoms with E-state index >= 15 is 0 Å². The largest absolute Gasteiger partial charge is 0.461 e. The SMILES string of the molecule is CC(CNC1CCCNC1=O)C(=O)OCc1ccccc1. The molecular weight excluding hydrogens is 268 g/mol. The molecule has 1 aliphatic rings. The third-order valence-corrected chi connectivity index (χ3v) is 3.58. The summed E-state index contributed by atoms with van der Waals surface area (Å²) in [5.74, 6) is -0.503. The smallest absolute Gasteiger partial charge is 0.310 e. The van der Waals surface area contributed by atoms with Crippen molar-refractivity contribution < 1.29 is 14.3 Å². The Morgan fingerprint density at radius 1 is 1.43 bits per heavy atom. The van der Waals surface area contributed by atoms with Crippen molar-refractivity contribution in [1.29, 1.82) is 0 Å². The molecule has 1 saturated heterocycles. The van der Waals surface area contributed by atoms with Gasteiger partial charge in [0.05, 0.1) is 12.0 Å².